The van der Waals surface area contributed by atoms with Gasteiger partial charge in [-0.15, -0.1) is 0 Å². The van der Waals surface area contributed by atoms with E-state index in [4.69, 9.17) is 16.6 Å². The van der Waals surface area contributed by atoms with E-state index >= 15 is 0 Å². The average Bonchev–Trinajstić information content (AvgIpc) is 2.82. The molecule has 1 aromatic rings. The number of phenols is 1. The van der Waals surface area contributed by atoms with E-state index in [9.17, 15) is 39.0 Å². The molecule has 0 aliphatic rings. The maximum Gasteiger partial charge on any atom is 0.326 e. The van der Waals surface area contributed by atoms with Gasteiger partial charge in [0, 0.05) is 6.42 Å². The Morgan fingerprint density at radius 3 is 1.84 bits per heavy atom. The summed E-state index contributed by atoms with van der Waals surface area (Å²) in [5, 5.41) is 34.4. The van der Waals surface area contributed by atoms with Crippen LogP contribution in [-0.2, 0) is 35.2 Å². The standard InChI is InChI=1S/C23H33N5O9/c1-3-11(2)19(25)22(35)27-15(9-17(24)30)21(34)26-14(8-12-4-6-13(29)7-5-12)20(33)28-16(23(36)37)10-18(31)32/h4-7,11,14-16,19,29H,3,8-10,25H2,1-2H3,(H2,24,30)(H,26,34)(H,27,35)(H,28,33)(H,31,32)(H,36,37). The highest BCUT2D eigenvalue weighted by atomic mass is 16.4. The normalized spacial score (nSPS) is 14.8. The third kappa shape index (κ3) is 10.5. The Kier molecular flexibility index (Phi) is 12.0. The van der Waals surface area contributed by atoms with Gasteiger partial charge in [0.25, 0.3) is 0 Å². The number of amides is 4. The van der Waals surface area contributed by atoms with Gasteiger partial charge in [-0.1, -0.05) is 32.4 Å². The van der Waals surface area contributed by atoms with Crippen LogP contribution in [0.5, 0.6) is 5.75 Å². The maximum atomic E-state index is 13.0. The molecule has 0 radical (unpaired) electrons. The van der Waals surface area contributed by atoms with Crippen molar-refractivity contribution in [2.45, 2.75) is 63.7 Å². The second-order valence-corrected chi connectivity index (χ2v) is 8.57. The molecule has 1 aromatic carbocycles. The van der Waals surface area contributed by atoms with E-state index in [1.54, 1.807) is 6.92 Å². The molecule has 204 valence electrons. The third-order valence-corrected chi connectivity index (χ3v) is 5.60. The highest BCUT2D eigenvalue weighted by Crippen LogP contribution is 2.12. The number of nitrogens with two attached hydrogens (primary N) is 2. The van der Waals surface area contributed by atoms with Crippen molar-refractivity contribution in [2.75, 3.05) is 0 Å². The molecule has 5 atom stereocenters. The number of carbonyl (C=O) groups is 6. The molecule has 0 bridgehead atoms. The molecule has 0 aliphatic heterocycles. The van der Waals surface area contributed by atoms with E-state index in [0.29, 0.717) is 12.0 Å². The average molecular weight is 524 g/mol. The first-order valence-electron chi connectivity index (χ1n) is 11.4. The Bertz CT molecular complexity index is 999. The number of aromatic hydroxyl groups is 1. The minimum Gasteiger partial charge on any atom is -0.508 e. The summed E-state index contributed by atoms with van der Waals surface area (Å²) < 4.78 is 0. The van der Waals surface area contributed by atoms with Gasteiger partial charge in [-0.05, 0) is 23.6 Å². The van der Waals surface area contributed by atoms with Gasteiger partial charge in [-0.25, -0.2) is 4.79 Å². The van der Waals surface area contributed by atoms with Crippen molar-refractivity contribution in [3.8, 4) is 5.75 Å². The first kappa shape index (κ1) is 30.8. The number of hydrogen-bond acceptors (Lipinski definition) is 8. The van der Waals surface area contributed by atoms with Gasteiger partial charge in [0.1, 0.15) is 23.9 Å². The quantitative estimate of drug-likeness (QED) is 0.128. The summed E-state index contributed by atoms with van der Waals surface area (Å²) in [5.41, 5.74) is 11.5. The summed E-state index contributed by atoms with van der Waals surface area (Å²) in [6, 6.07) is -0.196. The number of carboxylic acids is 2. The monoisotopic (exact) mass is 523 g/mol. The number of nitrogens with one attached hydrogen (secondary N) is 3. The second kappa shape index (κ2) is 14.4. The molecule has 14 heteroatoms. The van der Waals surface area contributed by atoms with Crippen LogP contribution in [0.25, 0.3) is 0 Å². The fraction of sp³-hybridized carbons (Fsp3) is 0.478. The van der Waals surface area contributed by atoms with E-state index in [1.165, 1.54) is 24.3 Å². The summed E-state index contributed by atoms with van der Waals surface area (Å²) in [6.45, 7) is 3.54. The molecule has 0 spiro atoms. The van der Waals surface area contributed by atoms with Crippen LogP contribution in [0.1, 0.15) is 38.7 Å². The Labute approximate surface area is 212 Å². The van der Waals surface area contributed by atoms with Crippen LogP contribution in [0.3, 0.4) is 0 Å². The van der Waals surface area contributed by atoms with Crippen LogP contribution in [-0.4, -0.2) is 75.1 Å². The van der Waals surface area contributed by atoms with Gasteiger partial charge in [-0.3, -0.25) is 24.0 Å². The van der Waals surface area contributed by atoms with Gasteiger partial charge in [0.05, 0.1) is 18.9 Å². The highest BCUT2D eigenvalue weighted by Gasteiger charge is 2.32. The lowest BCUT2D eigenvalue weighted by molar-refractivity contribution is -0.147. The van der Waals surface area contributed by atoms with Gasteiger partial charge in [0.15, 0.2) is 0 Å². The fourth-order valence-corrected chi connectivity index (χ4v) is 3.19. The lowest BCUT2D eigenvalue weighted by Gasteiger charge is -2.25. The van der Waals surface area contributed by atoms with Gasteiger partial charge in [0.2, 0.25) is 23.6 Å². The van der Waals surface area contributed by atoms with Crippen LogP contribution in [0.15, 0.2) is 24.3 Å². The molecule has 10 N–H and O–H groups in total. The number of benzene rings is 1. The van der Waals surface area contributed by atoms with Crippen molar-refractivity contribution in [3.63, 3.8) is 0 Å². The number of primary amides is 1. The molecule has 14 nitrogen and oxygen atoms in total. The Hall–Kier alpha value is -4.20. The van der Waals surface area contributed by atoms with E-state index in [0.717, 1.165) is 0 Å². The predicted molar refractivity (Wildman–Crippen MR) is 129 cm³/mol. The molecule has 0 fully saturated rings. The molecule has 0 saturated carbocycles. The number of carbonyl (C=O) groups excluding carboxylic acids is 4. The lowest BCUT2D eigenvalue weighted by Crippen LogP contribution is -2.58. The number of aliphatic carboxylic acids is 2. The van der Waals surface area contributed by atoms with Crippen LogP contribution in [0, 0.1) is 5.92 Å². The zero-order chi connectivity index (χ0) is 28.3. The largest absolute Gasteiger partial charge is 0.508 e. The zero-order valence-electron chi connectivity index (χ0n) is 20.5. The van der Waals surface area contributed by atoms with E-state index in [2.05, 4.69) is 16.0 Å². The fourth-order valence-electron chi connectivity index (χ4n) is 3.19. The predicted octanol–water partition coefficient (Wildman–Crippen LogP) is -1.80. The van der Waals surface area contributed by atoms with Crippen molar-refractivity contribution in [1.29, 1.82) is 0 Å². The van der Waals surface area contributed by atoms with Crippen molar-refractivity contribution >= 4 is 35.6 Å². The summed E-state index contributed by atoms with van der Waals surface area (Å²) in [4.78, 5) is 72.4. The summed E-state index contributed by atoms with van der Waals surface area (Å²) >= 11 is 0. The first-order chi connectivity index (χ1) is 17.2. The van der Waals surface area contributed by atoms with Crippen molar-refractivity contribution in [1.82, 2.24) is 16.0 Å². The molecule has 0 saturated heterocycles. The SMILES string of the molecule is CCC(C)C(N)C(=O)NC(CC(N)=O)C(=O)NC(Cc1ccc(O)cc1)C(=O)NC(CC(=O)O)C(=O)O. The van der Waals surface area contributed by atoms with Crippen LogP contribution >= 0.6 is 0 Å². The van der Waals surface area contributed by atoms with E-state index < -0.39 is 72.6 Å². The second-order valence-electron chi connectivity index (χ2n) is 8.57. The van der Waals surface area contributed by atoms with Crippen molar-refractivity contribution in [3.05, 3.63) is 29.8 Å². The van der Waals surface area contributed by atoms with Crippen LogP contribution in [0.2, 0.25) is 0 Å². The number of hydrogen-bond donors (Lipinski definition) is 8. The molecule has 1 rings (SSSR count). The maximum absolute atomic E-state index is 13.0. The molecular formula is C23H33N5O9. The topological polar surface area (TPSA) is 251 Å². The van der Waals surface area contributed by atoms with E-state index in [-0.39, 0.29) is 18.1 Å². The van der Waals surface area contributed by atoms with Crippen molar-refractivity contribution < 1.29 is 44.1 Å². The third-order valence-electron chi connectivity index (χ3n) is 5.60. The number of carboxylic acid groups (broad SMARTS) is 2. The summed E-state index contributed by atoms with van der Waals surface area (Å²) in [5.74, 6) is -7.05. The lowest BCUT2D eigenvalue weighted by atomic mass is 9.98. The molecule has 37 heavy (non-hydrogen) atoms. The molecule has 4 amide bonds. The molecule has 0 aromatic heterocycles. The molecule has 5 unspecified atom stereocenters. The summed E-state index contributed by atoms with van der Waals surface area (Å²) in [6.07, 6.45) is -1.18. The van der Waals surface area contributed by atoms with Crippen LogP contribution in [0.4, 0.5) is 0 Å². The molecular weight excluding hydrogens is 490 g/mol. The van der Waals surface area contributed by atoms with Gasteiger partial charge in [-0.2, -0.15) is 0 Å². The first-order valence-corrected chi connectivity index (χ1v) is 11.4. The van der Waals surface area contributed by atoms with Gasteiger partial charge < -0.3 is 42.7 Å². The number of rotatable bonds is 15. The number of phenolic OH excluding ortho intramolecular Hbond substituents is 1. The van der Waals surface area contributed by atoms with Gasteiger partial charge >= 0.3 is 11.9 Å². The minimum absolute atomic E-state index is 0.0666. The molecule has 0 aliphatic carbocycles. The summed E-state index contributed by atoms with van der Waals surface area (Å²) in [7, 11) is 0. The van der Waals surface area contributed by atoms with E-state index in [1.807, 2.05) is 6.92 Å². The Morgan fingerprint density at radius 1 is 0.838 bits per heavy atom. The highest BCUT2D eigenvalue weighted by molar-refractivity contribution is 5.96. The van der Waals surface area contributed by atoms with Crippen molar-refractivity contribution in [2.24, 2.45) is 17.4 Å². The molecule has 0 heterocycles. The minimum atomic E-state index is -1.79. The Balaban J connectivity index is 3.20. The zero-order valence-corrected chi connectivity index (χ0v) is 20.5. The Morgan fingerprint density at radius 2 is 1.35 bits per heavy atom. The smallest absolute Gasteiger partial charge is 0.326 e. The van der Waals surface area contributed by atoms with Crippen LogP contribution < -0.4 is 27.4 Å².